The highest BCUT2D eigenvalue weighted by Gasteiger charge is 2.21. The van der Waals surface area contributed by atoms with Gasteiger partial charge in [0.1, 0.15) is 6.04 Å². The average molecular weight is 164 g/mol. The van der Waals surface area contributed by atoms with Crippen LogP contribution in [0.5, 0.6) is 0 Å². The van der Waals surface area contributed by atoms with Crippen LogP contribution in [0.2, 0.25) is 0 Å². The van der Waals surface area contributed by atoms with E-state index in [4.69, 9.17) is 10.5 Å². The highest BCUT2D eigenvalue weighted by atomic mass is 19.3. The molecule has 2 N–H and O–H groups in total. The molecule has 3 nitrogen and oxygen atoms in total. The fourth-order valence-electron chi connectivity index (χ4n) is 0.917. The van der Waals surface area contributed by atoms with Crippen LogP contribution < -0.4 is 5.73 Å². The first-order valence-corrected chi connectivity index (χ1v) is 3.44. The summed E-state index contributed by atoms with van der Waals surface area (Å²) in [6.07, 6.45) is -1.51. The minimum Gasteiger partial charge on any atom is -0.465 e. The molecule has 0 spiro atoms. The van der Waals surface area contributed by atoms with Gasteiger partial charge in [-0.1, -0.05) is 0 Å². The molecule has 0 aromatic carbocycles. The Labute approximate surface area is 63.2 Å². The number of alkyl halides is 2. The van der Waals surface area contributed by atoms with Crippen LogP contribution in [0.4, 0.5) is 8.78 Å². The monoisotopic (exact) mass is 164 g/mol. The van der Waals surface area contributed by atoms with Crippen LogP contribution in [-0.4, -0.2) is 25.1 Å². The molecule has 1 unspecified atom stereocenters. The van der Waals surface area contributed by atoms with Crippen molar-refractivity contribution in [2.45, 2.75) is 25.3 Å². The molecular formula is C6H10F2N2O. The third-order valence-electron chi connectivity index (χ3n) is 1.48. The van der Waals surface area contributed by atoms with Gasteiger partial charge >= 0.3 is 0 Å². The summed E-state index contributed by atoms with van der Waals surface area (Å²) in [6, 6.07) is -1.09. The van der Waals surface area contributed by atoms with Crippen LogP contribution in [-0.2, 0) is 4.74 Å². The molecule has 0 saturated heterocycles. The number of nitrogens with two attached hydrogens (primary N) is 1. The van der Waals surface area contributed by atoms with E-state index in [1.807, 2.05) is 0 Å². The lowest BCUT2D eigenvalue weighted by Crippen LogP contribution is -2.20. The molecular weight excluding hydrogens is 154 g/mol. The Balaban J connectivity index is 2.56. The lowest BCUT2D eigenvalue weighted by molar-refractivity contribution is 0.113. The van der Waals surface area contributed by atoms with Crippen LogP contribution >= 0.6 is 0 Å². The molecule has 11 heavy (non-hydrogen) atoms. The van der Waals surface area contributed by atoms with Crippen LogP contribution in [0, 0.1) is 0 Å². The standard InChI is InChI=1S/C6H10F2N2O/c7-5(8)4-2-1-3-11-6(9)10-4/h4-5H,1-3H2,(H2,9,10). The molecule has 1 rings (SSSR count). The van der Waals surface area contributed by atoms with Gasteiger partial charge in [-0.2, -0.15) is 0 Å². The lowest BCUT2D eigenvalue weighted by atomic mass is 10.2. The van der Waals surface area contributed by atoms with E-state index >= 15 is 0 Å². The van der Waals surface area contributed by atoms with Crippen molar-refractivity contribution in [2.24, 2.45) is 10.7 Å². The normalized spacial score (nSPS) is 25.7. The molecule has 0 bridgehead atoms. The van der Waals surface area contributed by atoms with E-state index in [2.05, 4.69) is 4.99 Å². The minimum absolute atomic E-state index is 0.118. The van der Waals surface area contributed by atoms with Gasteiger partial charge in [0.25, 0.3) is 12.4 Å². The smallest absolute Gasteiger partial charge is 0.282 e. The van der Waals surface area contributed by atoms with E-state index in [1.165, 1.54) is 0 Å². The fourth-order valence-corrected chi connectivity index (χ4v) is 0.917. The molecule has 64 valence electrons. The van der Waals surface area contributed by atoms with Gasteiger partial charge in [-0.15, -0.1) is 0 Å². The lowest BCUT2D eigenvalue weighted by Gasteiger charge is -2.06. The molecule has 0 aliphatic carbocycles. The summed E-state index contributed by atoms with van der Waals surface area (Å²) in [5.41, 5.74) is 5.16. The van der Waals surface area contributed by atoms with Crippen molar-refractivity contribution in [3.05, 3.63) is 0 Å². The molecule has 0 fully saturated rings. The van der Waals surface area contributed by atoms with Crippen molar-refractivity contribution in [1.29, 1.82) is 0 Å². The van der Waals surface area contributed by atoms with E-state index in [0.717, 1.165) is 0 Å². The first kappa shape index (κ1) is 8.23. The van der Waals surface area contributed by atoms with Crippen LogP contribution in [0.1, 0.15) is 12.8 Å². The van der Waals surface area contributed by atoms with Crippen LogP contribution in [0.25, 0.3) is 0 Å². The zero-order valence-corrected chi connectivity index (χ0v) is 5.96. The van der Waals surface area contributed by atoms with Gasteiger partial charge < -0.3 is 10.5 Å². The van der Waals surface area contributed by atoms with Crippen LogP contribution in [0.3, 0.4) is 0 Å². The van der Waals surface area contributed by atoms with Gasteiger partial charge in [0, 0.05) is 0 Å². The first-order chi connectivity index (χ1) is 5.20. The number of nitrogens with zero attached hydrogens (tertiary/aromatic N) is 1. The Morgan fingerprint density at radius 1 is 1.64 bits per heavy atom. The van der Waals surface area contributed by atoms with Crippen molar-refractivity contribution in [1.82, 2.24) is 0 Å². The van der Waals surface area contributed by atoms with E-state index in [0.29, 0.717) is 19.4 Å². The zero-order valence-electron chi connectivity index (χ0n) is 5.96. The van der Waals surface area contributed by atoms with Gasteiger partial charge in [-0.05, 0) is 12.8 Å². The maximum absolute atomic E-state index is 12.1. The summed E-state index contributed by atoms with van der Waals surface area (Å²) in [5.74, 6) is 0. The van der Waals surface area contributed by atoms with Crippen molar-refractivity contribution in [3.8, 4) is 0 Å². The Bertz CT molecular complexity index is 161. The Morgan fingerprint density at radius 3 is 3.00 bits per heavy atom. The molecule has 5 heteroatoms. The summed E-state index contributed by atoms with van der Waals surface area (Å²) in [7, 11) is 0. The second kappa shape index (κ2) is 3.50. The fraction of sp³-hybridized carbons (Fsp3) is 0.833. The Morgan fingerprint density at radius 2 is 2.36 bits per heavy atom. The number of halogens is 2. The SMILES string of the molecule is NC1=NC(C(F)F)CCCO1. The quantitative estimate of drug-likeness (QED) is 0.621. The number of rotatable bonds is 1. The zero-order chi connectivity index (χ0) is 8.27. The summed E-state index contributed by atoms with van der Waals surface area (Å²) in [5, 5.41) is 0. The van der Waals surface area contributed by atoms with Gasteiger partial charge in [0.05, 0.1) is 6.61 Å². The second-order valence-corrected chi connectivity index (χ2v) is 2.36. The van der Waals surface area contributed by atoms with Gasteiger partial charge in [-0.25, -0.2) is 13.8 Å². The number of amidine groups is 1. The number of hydrogen-bond acceptors (Lipinski definition) is 3. The molecule has 0 amide bonds. The molecule has 1 aliphatic heterocycles. The highest BCUT2D eigenvalue weighted by Crippen LogP contribution is 2.14. The molecule has 1 heterocycles. The molecule has 0 aromatic heterocycles. The summed E-state index contributed by atoms with van der Waals surface area (Å²) < 4.78 is 28.9. The van der Waals surface area contributed by atoms with Gasteiger partial charge in [0.2, 0.25) is 0 Å². The van der Waals surface area contributed by atoms with E-state index in [1.54, 1.807) is 0 Å². The largest absolute Gasteiger partial charge is 0.465 e. The third-order valence-corrected chi connectivity index (χ3v) is 1.48. The summed E-state index contributed by atoms with van der Waals surface area (Å²) >= 11 is 0. The topological polar surface area (TPSA) is 47.6 Å². The van der Waals surface area contributed by atoms with Crippen LogP contribution in [0.15, 0.2) is 4.99 Å². The molecule has 0 radical (unpaired) electrons. The summed E-state index contributed by atoms with van der Waals surface area (Å²) in [6.45, 7) is 0.387. The van der Waals surface area contributed by atoms with Gasteiger partial charge in [-0.3, -0.25) is 0 Å². The average Bonchev–Trinajstić information content (AvgIpc) is 2.13. The molecule has 0 saturated carbocycles. The Hall–Kier alpha value is -0.870. The third kappa shape index (κ3) is 2.32. The Kier molecular flexibility index (Phi) is 2.62. The van der Waals surface area contributed by atoms with Crippen molar-refractivity contribution >= 4 is 6.02 Å². The summed E-state index contributed by atoms with van der Waals surface area (Å²) in [4.78, 5) is 3.50. The van der Waals surface area contributed by atoms with E-state index < -0.39 is 12.5 Å². The predicted octanol–water partition coefficient (Wildman–Crippen LogP) is 0.745. The minimum atomic E-state index is -2.43. The van der Waals surface area contributed by atoms with Gasteiger partial charge in [0.15, 0.2) is 0 Å². The maximum atomic E-state index is 12.1. The number of aliphatic imine (C=N–C) groups is 1. The molecule has 1 aliphatic rings. The number of hydrogen-bond donors (Lipinski definition) is 1. The maximum Gasteiger partial charge on any atom is 0.282 e. The predicted molar refractivity (Wildman–Crippen MR) is 36.6 cm³/mol. The van der Waals surface area contributed by atoms with Crippen molar-refractivity contribution < 1.29 is 13.5 Å². The number of ether oxygens (including phenoxy) is 1. The van der Waals surface area contributed by atoms with E-state index in [-0.39, 0.29) is 6.02 Å². The first-order valence-electron chi connectivity index (χ1n) is 3.44. The molecule has 0 aromatic rings. The van der Waals surface area contributed by atoms with Crippen molar-refractivity contribution in [2.75, 3.05) is 6.61 Å². The van der Waals surface area contributed by atoms with Crippen molar-refractivity contribution in [3.63, 3.8) is 0 Å². The molecule has 1 atom stereocenters. The van der Waals surface area contributed by atoms with E-state index in [9.17, 15) is 8.78 Å². The second-order valence-electron chi connectivity index (χ2n) is 2.36. The highest BCUT2D eigenvalue weighted by molar-refractivity contribution is 5.71.